The molecule has 2 aromatic rings. The molecule has 3 N–H and O–H groups in total. The van der Waals surface area contributed by atoms with Gasteiger partial charge in [-0.2, -0.15) is 0 Å². The van der Waals surface area contributed by atoms with Gasteiger partial charge >= 0.3 is 5.69 Å². The van der Waals surface area contributed by atoms with Crippen molar-refractivity contribution >= 4 is 11.0 Å². The van der Waals surface area contributed by atoms with Gasteiger partial charge in [0.05, 0.1) is 11.0 Å². The molecule has 0 amide bonds. The van der Waals surface area contributed by atoms with E-state index < -0.39 is 0 Å². The smallest absolute Gasteiger partial charge is 0.323 e. The second-order valence-electron chi connectivity index (χ2n) is 3.17. The Morgan fingerprint density at radius 2 is 2.00 bits per heavy atom. The Kier molecular flexibility index (Phi) is 1.45. The molecule has 0 atom stereocenters. The Morgan fingerprint density at radius 1 is 1.31 bits per heavy atom. The van der Waals surface area contributed by atoms with Crippen molar-refractivity contribution in [2.75, 3.05) is 0 Å². The number of aromatic amines is 2. The van der Waals surface area contributed by atoms with E-state index in [9.17, 15) is 9.90 Å². The number of phenols is 1. The van der Waals surface area contributed by atoms with Crippen LogP contribution in [0.25, 0.3) is 11.0 Å². The summed E-state index contributed by atoms with van der Waals surface area (Å²) in [5, 5.41) is 9.58. The summed E-state index contributed by atoms with van der Waals surface area (Å²) in [4.78, 5) is 16.2. The van der Waals surface area contributed by atoms with Gasteiger partial charge in [-0.25, -0.2) is 4.79 Å². The van der Waals surface area contributed by atoms with Crippen molar-refractivity contribution in [1.82, 2.24) is 9.97 Å². The number of phenolic OH excluding ortho intramolecular Hbond substituents is 1. The van der Waals surface area contributed by atoms with Crippen molar-refractivity contribution in [3.8, 4) is 5.75 Å². The second-order valence-corrected chi connectivity index (χ2v) is 3.17. The fourth-order valence-electron chi connectivity index (χ4n) is 1.50. The third-order valence-corrected chi connectivity index (χ3v) is 2.22. The molecule has 0 bridgehead atoms. The number of fused-ring (bicyclic) bond motifs is 1. The first-order valence-electron chi connectivity index (χ1n) is 4.01. The van der Waals surface area contributed by atoms with E-state index in [4.69, 9.17) is 0 Å². The molecule has 4 nitrogen and oxygen atoms in total. The monoisotopic (exact) mass is 178 g/mol. The number of hydrogen-bond donors (Lipinski definition) is 3. The zero-order valence-corrected chi connectivity index (χ0v) is 7.43. The van der Waals surface area contributed by atoms with Crippen molar-refractivity contribution in [3.05, 3.63) is 27.7 Å². The largest absolute Gasteiger partial charge is 0.507 e. The topological polar surface area (TPSA) is 68.9 Å². The van der Waals surface area contributed by atoms with Crippen molar-refractivity contribution in [1.29, 1.82) is 0 Å². The van der Waals surface area contributed by atoms with Gasteiger partial charge in [-0.3, -0.25) is 0 Å². The molecule has 13 heavy (non-hydrogen) atoms. The van der Waals surface area contributed by atoms with Crippen molar-refractivity contribution in [3.63, 3.8) is 0 Å². The van der Waals surface area contributed by atoms with Crippen LogP contribution in [0, 0.1) is 13.8 Å². The van der Waals surface area contributed by atoms with Crippen molar-refractivity contribution in [2.24, 2.45) is 0 Å². The SMILES string of the molecule is Cc1cc2[nH]c(=O)[nH]c2c(C)c1O. The summed E-state index contributed by atoms with van der Waals surface area (Å²) in [5.41, 5.74) is 2.63. The number of aromatic hydroxyl groups is 1. The van der Waals surface area contributed by atoms with Gasteiger partial charge in [0.1, 0.15) is 5.75 Å². The highest BCUT2D eigenvalue weighted by Crippen LogP contribution is 2.26. The molecule has 0 saturated heterocycles. The van der Waals surface area contributed by atoms with Gasteiger partial charge in [0, 0.05) is 5.56 Å². The Bertz CT molecular complexity index is 522. The second kappa shape index (κ2) is 2.39. The molecule has 1 aromatic carbocycles. The fourth-order valence-corrected chi connectivity index (χ4v) is 1.50. The molecular formula is C9H10N2O2. The number of hydrogen-bond acceptors (Lipinski definition) is 2. The minimum absolute atomic E-state index is 0.239. The number of benzene rings is 1. The Balaban J connectivity index is 3.00. The minimum atomic E-state index is -0.247. The Hall–Kier alpha value is -1.71. The van der Waals surface area contributed by atoms with Gasteiger partial charge in [-0.15, -0.1) is 0 Å². The highest BCUT2D eigenvalue weighted by molar-refractivity contribution is 5.81. The van der Waals surface area contributed by atoms with Gasteiger partial charge in [0.15, 0.2) is 0 Å². The summed E-state index contributed by atoms with van der Waals surface area (Å²) in [6.07, 6.45) is 0. The Labute approximate surface area is 74.2 Å². The predicted molar refractivity (Wildman–Crippen MR) is 50.1 cm³/mol. The van der Waals surface area contributed by atoms with Gasteiger partial charge in [0.25, 0.3) is 0 Å². The summed E-state index contributed by atoms with van der Waals surface area (Å²) in [7, 11) is 0. The van der Waals surface area contributed by atoms with Crippen LogP contribution < -0.4 is 5.69 Å². The lowest BCUT2D eigenvalue weighted by molar-refractivity contribution is 0.468. The predicted octanol–water partition coefficient (Wildman–Crippen LogP) is 1.18. The van der Waals surface area contributed by atoms with E-state index in [1.54, 1.807) is 19.9 Å². The molecule has 0 spiro atoms. The molecule has 68 valence electrons. The minimum Gasteiger partial charge on any atom is -0.507 e. The van der Waals surface area contributed by atoms with Crippen LogP contribution in [0.1, 0.15) is 11.1 Å². The number of nitrogens with one attached hydrogen (secondary N) is 2. The number of rotatable bonds is 0. The maximum Gasteiger partial charge on any atom is 0.323 e. The molecule has 2 rings (SSSR count). The van der Waals surface area contributed by atoms with Crippen LogP contribution in [0.3, 0.4) is 0 Å². The lowest BCUT2D eigenvalue weighted by atomic mass is 10.1. The first-order chi connectivity index (χ1) is 6.09. The molecule has 0 radical (unpaired) electrons. The summed E-state index contributed by atoms with van der Waals surface area (Å²) in [6.45, 7) is 3.57. The average molecular weight is 178 g/mol. The molecule has 0 aliphatic rings. The van der Waals surface area contributed by atoms with Crippen molar-refractivity contribution < 1.29 is 5.11 Å². The van der Waals surface area contributed by atoms with Crippen LogP contribution in [0.2, 0.25) is 0 Å². The van der Waals surface area contributed by atoms with Crippen LogP contribution in [-0.2, 0) is 0 Å². The highest BCUT2D eigenvalue weighted by Gasteiger charge is 2.08. The number of H-pyrrole nitrogens is 2. The van der Waals surface area contributed by atoms with E-state index in [2.05, 4.69) is 9.97 Å². The summed E-state index contributed by atoms with van der Waals surface area (Å²) < 4.78 is 0. The van der Waals surface area contributed by atoms with Crippen molar-refractivity contribution in [2.45, 2.75) is 13.8 Å². The number of imidazole rings is 1. The van der Waals surface area contributed by atoms with E-state index >= 15 is 0 Å². The van der Waals surface area contributed by atoms with Crippen LogP contribution in [-0.4, -0.2) is 15.1 Å². The molecule has 1 aromatic heterocycles. The molecule has 0 aliphatic heterocycles. The zero-order chi connectivity index (χ0) is 9.59. The maximum atomic E-state index is 11.0. The molecule has 0 unspecified atom stereocenters. The van der Waals surface area contributed by atoms with Gasteiger partial charge in [-0.1, -0.05) is 0 Å². The van der Waals surface area contributed by atoms with E-state index in [1.165, 1.54) is 0 Å². The third-order valence-electron chi connectivity index (χ3n) is 2.22. The fraction of sp³-hybridized carbons (Fsp3) is 0.222. The maximum absolute atomic E-state index is 11.0. The molecule has 0 aliphatic carbocycles. The Morgan fingerprint density at radius 3 is 2.69 bits per heavy atom. The summed E-state index contributed by atoms with van der Waals surface area (Å²) in [6, 6.07) is 1.75. The first-order valence-corrected chi connectivity index (χ1v) is 4.01. The lowest BCUT2D eigenvalue weighted by Gasteiger charge is -2.02. The molecule has 0 saturated carbocycles. The molecule has 1 heterocycles. The zero-order valence-electron chi connectivity index (χ0n) is 7.43. The van der Waals surface area contributed by atoms with E-state index in [0.29, 0.717) is 11.1 Å². The third kappa shape index (κ3) is 1.02. The highest BCUT2D eigenvalue weighted by atomic mass is 16.3. The van der Waals surface area contributed by atoms with E-state index in [1.807, 2.05) is 0 Å². The van der Waals surface area contributed by atoms with E-state index in [0.717, 1.165) is 11.1 Å². The standard InChI is InChI=1S/C9H10N2O2/c1-4-3-6-7(5(2)8(4)12)11-9(13)10-6/h3,12H,1-2H3,(H2,10,11,13). The van der Waals surface area contributed by atoms with Crippen LogP contribution in [0.15, 0.2) is 10.9 Å². The van der Waals surface area contributed by atoms with E-state index in [-0.39, 0.29) is 11.4 Å². The van der Waals surface area contributed by atoms with Gasteiger partial charge in [0.2, 0.25) is 0 Å². The van der Waals surface area contributed by atoms with Crippen LogP contribution in [0.5, 0.6) is 5.75 Å². The molecular weight excluding hydrogens is 168 g/mol. The lowest BCUT2D eigenvalue weighted by Crippen LogP contribution is -1.99. The average Bonchev–Trinajstić information content (AvgIpc) is 2.42. The normalized spacial score (nSPS) is 10.9. The number of aryl methyl sites for hydroxylation is 2. The number of aromatic nitrogens is 2. The first kappa shape index (κ1) is 7.91. The summed E-state index contributed by atoms with van der Waals surface area (Å²) >= 11 is 0. The quantitative estimate of drug-likeness (QED) is 0.567. The van der Waals surface area contributed by atoms with Crippen LogP contribution in [0.4, 0.5) is 0 Å². The molecule has 4 heteroatoms. The van der Waals surface area contributed by atoms with Crippen LogP contribution >= 0.6 is 0 Å². The van der Waals surface area contributed by atoms with Gasteiger partial charge < -0.3 is 15.1 Å². The molecule has 0 fully saturated rings. The summed E-state index contributed by atoms with van der Waals surface area (Å²) in [5.74, 6) is 0.239. The van der Waals surface area contributed by atoms with Gasteiger partial charge in [-0.05, 0) is 25.5 Å².